The molecule has 4 aromatic rings. The minimum atomic E-state index is -0.817. The van der Waals surface area contributed by atoms with Crippen LogP contribution in [0.4, 0.5) is 8.78 Å². The third-order valence-corrected chi connectivity index (χ3v) is 6.64. The molecule has 4 heterocycles. The number of aromatic nitrogens is 3. The van der Waals surface area contributed by atoms with E-state index in [-0.39, 0.29) is 35.7 Å². The van der Waals surface area contributed by atoms with Crippen molar-refractivity contribution in [2.75, 3.05) is 6.54 Å². The zero-order chi connectivity index (χ0) is 23.8. The molecule has 5 rings (SSSR count). The lowest BCUT2D eigenvalue weighted by Gasteiger charge is -2.31. The number of fused-ring (bicyclic) bond motifs is 1. The van der Waals surface area contributed by atoms with Gasteiger partial charge in [0, 0.05) is 48.4 Å². The molecule has 0 saturated heterocycles. The first-order valence-corrected chi connectivity index (χ1v) is 11.6. The van der Waals surface area contributed by atoms with Gasteiger partial charge in [-0.25, -0.2) is 13.8 Å². The average Bonchev–Trinajstić information content (AvgIpc) is 3.27. The SMILES string of the molecule is Cc1nc(C(=O)N2CCc3c(cc(-c4ccc(F)cc4F)c(=O)n3Cc3ccccn3)C2)cs1. The van der Waals surface area contributed by atoms with Crippen LogP contribution in [-0.4, -0.2) is 31.9 Å². The van der Waals surface area contributed by atoms with Crippen molar-refractivity contribution in [3.8, 4) is 11.1 Å². The summed E-state index contributed by atoms with van der Waals surface area (Å²) in [5.41, 5.74) is 2.33. The van der Waals surface area contributed by atoms with E-state index in [4.69, 9.17) is 0 Å². The highest BCUT2D eigenvalue weighted by Crippen LogP contribution is 2.27. The van der Waals surface area contributed by atoms with E-state index < -0.39 is 11.6 Å². The molecule has 0 fully saturated rings. The molecule has 0 bridgehead atoms. The number of amides is 1. The highest BCUT2D eigenvalue weighted by Gasteiger charge is 2.27. The quantitative estimate of drug-likeness (QED) is 0.441. The van der Waals surface area contributed by atoms with Crippen molar-refractivity contribution in [2.24, 2.45) is 0 Å². The van der Waals surface area contributed by atoms with Gasteiger partial charge in [-0.15, -0.1) is 11.3 Å². The topological polar surface area (TPSA) is 68.1 Å². The predicted molar refractivity (Wildman–Crippen MR) is 125 cm³/mol. The van der Waals surface area contributed by atoms with Gasteiger partial charge >= 0.3 is 0 Å². The number of carbonyl (C=O) groups is 1. The number of rotatable bonds is 4. The number of aryl methyl sites for hydroxylation is 1. The van der Waals surface area contributed by atoms with Crippen LogP contribution in [0.25, 0.3) is 11.1 Å². The van der Waals surface area contributed by atoms with E-state index in [9.17, 15) is 18.4 Å². The summed E-state index contributed by atoms with van der Waals surface area (Å²) in [4.78, 5) is 36.8. The average molecular weight is 479 g/mol. The van der Waals surface area contributed by atoms with Crippen molar-refractivity contribution in [2.45, 2.75) is 26.4 Å². The van der Waals surface area contributed by atoms with Crippen molar-refractivity contribution in [3.05, 3.63) is 104 Å². The van der Waals surface area contributed by atoms with Crippen LogP contribution in [0.2, 0.25) is 0 Å². The van der Waals surface area contributed by atoms with Crippen LogP contribution < -0.4 is 5.56 Å². The van der Waals surface area contributed by atoms with Gasteiger partial charge < -0.3 is 9.47 Å². The minimum Gasteiger partial charge on any atom is -0.333 e. The number of pyridine rings is 2. The summed E-state index contributed by atoms with van der Waals surface area (Å²) in [6.07, 6.45) is 2.10. The molecule has 0 N–H and O–H groups in total. The molecule has 0 aliphatic carbocycles. The molecular weight excluding hydrogens is 458 g/mol. The Hall–Kier alpha value is -3.72. The molecule has 1 aliphatic rings. The van der Waals surface area contributed by atoms with Crippen molar-refractivity contribution < 1.29 is 13.6 Å². The van der Waals surface area contributed by atoms with E-state index in [0.717, 1.165) is 28.4 Å². The van der Waals surface area contributed by atoms with E-state index in [0.29, 0.717) is 24.4 Å². The summed E-state index contributed by atoms with van der Waals surface area (Å²) in [5.74, 6) is -1.72. The maximum atomic E-state index is 14.7. The fourth-order valence-electron chi connectivity index (χ4n) is 4.24. The molecule has 3 aromatic heterocycles. The van der Waals surface area contributed by atoms with Gasteiger partial charge in [-0.2, -0.15) is 0 Å². The van der Waals surface area contributed by atoms with Gasteiger partial charge in [0.05, 0.1) is 22.8 Å². The van der Waals surface area contributed by atoms with Crippen LogP contribution in [0.5, 0.6) is 0 Å². The fourth-order valence-corrected chi connectivity index (χ4v) is 4.82. The number of carbonyl (C=O) groups excluding carboxylic acids is 1. The van der Waals surface area contributed by atoms with E-state index in [1.54, 1.807) is 33.2 Å². The first-order chi connectivity index (χ1) is 16.4. The van der Waals surface area contributed by atoms with Crippen LogP contribution in [0.1, 0.15) is 32.4 Å². The lowest BCUT2D eigenvalue weighted by atomic mass is 9.98. The molecule has 1 aromatic carbocycles. The molecule has 0 spiro atoms. The number of halogens is 2. The summed E-state index contributed by atoms with van der Waals surface area (Å²) in [5, 5.41) is 2.54. The van der Waals surface area contributed by atoms with Crippen LogP contribution in [-0.2, 0) is 19.5 Å². The Kier molecular flexibility index (Phi) is 5.79. The van der Waals surface area contributed by atoms with Crippen molar-refractivity contribution in [1.82, 2.24) is 19.4 Å². The Morgan fingerprint density at radius 3 is 2.71 bits per heavy atom. The summed E-state index contributed by atoms with van der Waals surface area (Å²) in [7, 11) is 0. The van der Waals surface area contributed by atoms with Gasteiger partial charge in [0.1, 0.15) is 17.3 Å². The lowest BCUT2D eigenvalue weighted by molar-refractivity contribution is 0.0727. The van der Waals surface area contributed by atoms with Crippen molar-refractivity contribution >= 4 is 17.2 Å². The van der Waals surface area contributed by atoms with Crippen LogP contribution >= 0.6 is 11.3 Å². The van der Waals surface area contributed by atoms with Gasteiger partial charge in [0.25, 0.3) is 11.5 Å². The summed E-state index contributed by atoms with van der Waals surface area (Å²) >= 11 is 1.41. The largest absolute Gasteiger partial charge is 0.333 e. The molecule has 0 radical (unpaired) electrons. The first-order valence-electron chi connectivity index (χ1n) is 10.7. The predicted octanol–water partition coefficient (Wildman–Crippen LogP) is 4.20. The number of hydrogen-bond acceptors (Lipinski definition) is 5. The molecule has 0 atom stereocenters. The van der Waals surface area contributed by atoms with Gasteiger partial charge in [-0.05, 0) is 42.8 Å². The number of thiazole rings is 1. The Labute approximate surface area is 198 Å². The molecule has 0 unspecified atom stereocenters. The summed E-state index contributed by atoms with van der Waals surface area (Å²) in [6.45, 7) is 2.72. The molecule has 9 heteroatoms. The highest BCUT2D eigenvalue weighted by atomic mass is 32.1. The standard InChI is InChI=1S/C25H20F2N4O2S/c1-15-29-22(14-34-15)25(33)30-9-7-23-16(12-30)10-20(19-6-5-17(26)11-21(19)27)24(32)31(23)13-18-4-2-3-8-28-18/h2-6,8,10-11,14H,7,9,12-13H2,1H3. The third-order valence-electron chi connectivity index (χ3n) is 5.86. The van der Waals surface area contributed by atoms with Gasteiger partial charge in [-0.3, -0.25) is 14.6 Å². The van der Waals surface area contributed by atoms with Gasteiger partial charge in [0.15, 0.2) is 0 Å². The van der Waals surface area contributed by atoms with Gasteiger partial charge in [-0.1, -0.05) is 6.07 Å². The second kappa shape index (κ2) is 8.90. The minimum absolute atomic E-state index is 0.0162. The maximum Gasteiger partial charge on any atom is 0.273 e. The fraction of sp³-hybridized carbons (Fsp3) is 0.200. The molecule has 1 aliphatic heterocycles. The van der Waals surface area contributed by atoms with Crippen LogP contribution in [0, 0.1) is 18.6 Å². The Balaban J connectivity index is 1.61. The second-order valence-electron chi connectivity index (χ2n) is 8.09. The Bertz CT molecular complexity index is 1450. The Morgan fingerprint density at radius 1 is 1.15 bits per heavy atom. The molecule has 6 nitrogen and oxygen atoms in total. The van der Waals surface area contributed by atoms with E-state index >= 15 is 0 Å². The first kappa shape index (κ1) is 22.1. The number of nitrogens with zero attached hydrogens (tertiary/aromatic N) is 4. The van der Waals surface area contributed by atoms with E-state index in [1.807, 2.05) is 19.1 Å². The maximum absolute atomic E-state index is 14.7. The number of benzene rings is 1. The molecular formula is C25H20F2N4O2S. The molecule has 34 heavy (non-hydrogen) atoms. The monoisotopic (exact) mass is 478 g/mol. The summed E-state index contributed by atoms with van der Waals surface area (Å²) < 4.78 is 29.8. The van der Waals surface area contributed by atoms with E-state index in [2.05, 4.69) is 9.97 Å². The molecule has 0 saturated carbocycles. The Morgan fingerprint density at radius 2 is 2.00 bits per heavy atom. The smallest absolute Gasteiger partial charge is 0.273 e. The molecule has 1 amide bonds. The van der Waals surface area contributed by atoms with Crippen molar-refractivity contribution in [1.29, 1.82) is 0 Å². The van der Waals surface area contributed by atoms with Crippen LogP contribution in [0.15, 0.2) is 58.8 Å². The summed E-state index contributed by atoms with van der Waals surface area (Å²) in [6, 6.07) is 10.2. The zero-order valence-electron chi connectivity index (χ0n) is 18.3. The van der Waals surface area contributed by atoms with Crippen LogP contribution in [0.3, 0.4) is 0 Å². The van der Waals surface area contributed by atoms with Crippen molar-refractivity contribution in [3.63, 3.8) is 0 Å². The van der Waals surface area contributed by atoms with E-state index in [1.165, 1.54) is 17.4 Å². The zero-order valence-corrected chi connectivity index (χ0v) is 19.1. The normalized spacial score (nSPS) is 13.1. The second-order valence-corrected chi connectivity index (χ2v) is 9.16. The third kappa shape index (κ3) is 4.14. The lowest BCUT2D eigenvalue weighted by Crippen LogP contribution is -2.40. The van der Waals surface area contributed by atoms with Gasteiger partial charge in [0.2, 0.25) is 0 Å². The molecule has 172 valence electrons. The highest BCUT2D eigenvalue weighted by molar-refractivity contribution is 7.09. The number of hydrogen-bond donors (Lipinski definition) is 0.